The Morgan fingerprint density at radius 3 is 2.31 bits per heavy atom. The molecule has 2 aromatic rings. The predicted octanol–water partition coefficient (Wildman–Crippen LogP) is 7.79. The van der Waals surface area contributed by atoms with Gasteiger partial charge in [-0.3, -0.25) is 0 Å². The lowest BCUT2D eigenvalue weighted by Gasteiger charge is -2.29. The number of benzene rings is 2. The largest absolute Gasteiger partial charge is 0.462 e. The van der Waals surface area contributed by atoms with Gasteiger partial charge in [-0.2, -0.15) is 0 Å². The Kier molecular flexibility index (Phi) is 11.1. The molecular weight excluding hydrogens is 432 g/mol. The second-order valence-corrected chi connectivity index (χ2v) is 10.3. The van der Waals surface area contributed by atoms with Crippen molar-refractivity contribution in [3.05, 3.63) is 71.3 Å². The molecule has 1 N–H and O–H groups in total. The second kappa shape index (κ2) is 14.2. The highest BCUT2D eigenvalue weighted by atomic mass is 16.5. The summed E-state index contributed by atoms with van der Waals surface area (Å²) in [6.45, 7) is 8.11. The summed E-state index contributed by atoms with van der Waals surface area (Å²) in [6, 6.07) is 15.7. The summed E-state index contributed by atoms with van der Waals surface area (Å²) < 4.78 is 5.34. The number of aliphatic hydroxyl groups excluding tert-OH is 1. The van der Waals surface area contributed by atoms with Gasteiger partial charge in [-0.1, -0.05) is 81.7 Å². The van der Waals surface area contributed by atoms with Gasteiger partial charge in [-0.25, -0.2) is 4.79 Å². The van der Waals surface area contributed by atoms with Crippen LogP contribution in [0.25, 0.3) is 11.1 Å². The smallest absolute Gasteiger partial charge is 0.333 e. The molecule has 1 aliphatic rings. The van der Waals surface area contributed by atoms with Gasteiger partial charge in [0.2, 0.25) is 0 Å². The first kappa shape index (κ1) is 27.2. The van der Waals surface area contributed by atoms with Crippen LogP contribution in [0.3, 0.4) is 0 Å². The van der Waals surface area contributed by atoms with Crippen LogP contribution in [0.1, 0.15) is 94.2 Å². The lowest BCUT2D eigenvalue weighted by atomic mass is 9.77. The van der Waals surface area contributed by atoms with Gasteiger partial charge in [0.05, 0.1) is 6.61 Å². The Labute approximate surface area is 212 Å². The van der Waals surface area contributed by atoms with Gasteiger partial charge >= 0.3 is 5.97 Å². The molecule has 35 heavy (non-hydrogen) atoms. The monoisotopic (exact) mass is 476 g/mol. The van der Waals surface area contributed by atoms with E-state index in [1.54, 1.807) is 6.92 Å². The molecule has 2 aromatic carbocycles. The van der Waals surface area contributed by atoms with Crippen LogP contribution < -0.4 is 0 Å². The molecule has 0 aliphatic heterocycles. The van der Waals surface area contributed by atoms with Crippen LogP contribution in [0, 0.1) is 5.92 Å². The van der Waals surface area contributed by atoms with Crippen molar-refractivity contribution in [2.75, 3.05) is 13.2 Å². The number of ether oxygens (including phenoxy) is 1. The SMILES string of the molecule is C=C(C)C(=O)OCCc1cc(-c2ccc(C3CCC(CCCCC)CC3)cc2)ccc1CCCO. The van der Waals surface area contributed by atoms with Gasteiger partial charge in [0.25, 0.3) is 0 Å². The number of aliphatic hydroxyl groups is 1. The van der Waals surface area contributed by atoms with Crippen molar-refractivity contribution in [3.63, 3.8) is 0 Å². The van der Waals surface area contributed by atoms with E-state index in [0.29, 0.717) is 24.5 Å². The third-order valence-corrected chi connectivity index (χ3v) is 7.54. The number of carbonyl (C=O) groups excluding carboxylic acids is 1. The van der Waals surface area contributed by atoms with E-state index in [2.05, 4.69) is 56.0 Å². The topological polar surface area (TPSA) is 46.5 Å². The van der Waals surface area contributed by atoms with Gasteiger partial charge in [-0.15, -0.1) is 0 Å². The minimum atomic E-state index is -0.344. The van der Waals surface area contributed by atoms with Crippen LogP contribution in [-0.4, -0.2) is 24.3 Å². The minimum absolute atomic E-state index is 0.175. The molecule has 0 radical (unpaired) electrons. The molecular formula is C32H44O3. The van der Waals surface area contributed by atoms with E-state index in [1.165, 1.54) is 79.2 Å². The molecule has 0 heterocycles. The molecule has 0 bridgehead atoms. The first-order chi connectivity index (χ1) is 17.0. The van der Waals surface area contributed by atoms with Crippen molar-refractivity contribution in [1.82, 2.24) is 0 Å². The summed E-state index contributed by atoms with van der Waals surface area (Å²) in [5.41, 5.74) is 6.69. The number of hydrogen-bond acceptors (Lipinski definition) is 3. The zero-order valence-corrected chi connectivity index (χ0v) is 21.9. The zero-order valence-electron chi connectivity index (χ0n) is 21.9. The fourth-order valence-electron chi connectivity index (χ4n) is 5.34. The summed E-state index contributed by atoms with van der Waals surface area (Å²) in [5.74, 6) is 1.30. The van der Waals surface area contributed by atoms with Crippen molar-refractivity contribution in [2.24, 2.45) is 5.92 Å². The fourth-order valence-corrected chi connectivity index (χ4v) is 5.34. The van der Waals surface area contributed by atoms with Gasteiger partial charge < -0.3 is 9.84 Å². The van der Waals surface area contributed by atoms with Gasteiger partial charge in [0, 0.05) is 18.6 Å². The number of carbonyl (C=O) groups is 1. The molecule has 0 unspecified atom stereocenters. The molecule has 0 saturated heterocycles. The van der Waals surface area contributed by atoms with Crippen LogP contribution in [0.15, 0.2) is 54.6 Å². The van der Waals surface area contributed by atoms with E-state index in [-0.39, 0.29) is 12.6 Å². The van der Waals surface area contributed by atoms with E-state index in [1.807, 2.05) is 0 Å². The quantitative estimate of drug-likeness (QED) is 0.182. The summed E-state index contributed by atoms with van der Waals surface area (Å²) in [6.07, 6.45) is 13.1. The van der Waals surface area contributed by atoms with Crippen molar-refractivity contribution in [1.29, 1.82) is 0 Å². The van der Waals surface area contributed by atoms with Crippen LogP contribution >= 0.6 is 0 Å². The highest BCUT2D eigenvalue weighted by Gasteiger charge is 2.22. The number of aryl methyl sites for hydroxylation is 1. The highest BCUT2D eigenvalue weighted by Crippen LogP contribution is 2.38. The average Bonchev–Trinajstić information content (AvgIpc) is 2.88. The first-order valence-corrected chi connectivity index (χ1v) is 13.7. The minimum Gasteiger partial charge on any atom is -0.462 e. The van der Waals surface area contributed by atoms with Gasteiger partial charge in [-0.05, 0) is 85.1 Å². The number of rotatable bonds is 13. The van der Waals surface area contributed by atoms with E-state index in [0.717, 1.165) is 18.8 Å². The number of hydrogen-bond donors (Lipinski definition) is 1. The molecule has 3 rings (SSSR count). The summed E-state index contributed by atoms with van der Waals surface area (Å²) in [7, 11) is 0. The Morgan fingerprint density at radius 1 is 0.943 bits per heavy atom. The summed E-state index contributed by atoms with van der Waals surface area (Å²) >= 11 is 0. The maximum absolute atomic E-state index is 11.8. The third kappa shape index (κ3) is 8.35. The average molecular weight is 477 g/mol. The molecule has 3 heteroatoms. The predicted molar refractivity (Wildman–Crippen MR) is 146 cm³/mol. The molecule has 0 aromatic heterocycles. The molecule has 3 nitrogen and oxygen atoms in total. The van der Waals surface area contributed by atoms with Gasteiger partial charge in [0.1, 0.15) is 0 Å². The molecule has 0 atom stereocenters. The lowest BCUT2D eigenvalue weighted by molar-refractivity contribution is -0.138. The summed E-state index contributed by atoms with van der Waals surface area (Å²) in [5, 5.41) is 9.28. The lowest BCUT2D eigenvalue weighted by Crippen LogP contribution is -2.13. The van der Waals surface area contributed by atoms with E-state index >= 15 is 0 Å². The van der Waals surface area contributed by atoms with E-state index in [4.69, 9.17) is 4.74 Å². The Hall–Kier alpha value is -2.39. The maximum Gasteiger partial charge on any atom is 0.333 e. The molecule has 1 fully saturated rings. The van der Waals surface area contributed by atoms with E-state index < -0.39 is 0 Å². The van der Waals surface area contributed by atoms with Crippen LogP contribution in [-0.2, 0) is 22.4 Å². The third-order valence-electron chi connectivity index (χ3n) is 7.54. The normalized spacial score (nSPS) is 17.8. The van der Waals surface area contributed by atoms with Crippen molar-refractivity contribution in [3.8, 4) is 11.1 Å². The number of unbranched alkanes of at least 4 members (excludes halogenated alkanes) is 2. The van der Waals surface area contributed by atoms with Crippen LogP contribution in [0.2, 0.25) is 0 Å². The van der Waals surface area contributed by atoms with Crippen molar-refractivity contribution >= 4 is 5.97 Å². The Balaban J connectivity index is 1.64. The van der Waals surface area contributed by atoms with E-state index in [9.17, 15) is 9.90 Å². The first-order valence-electron chi connectivity index (χ1n) is 13.7. The Morgan fingerprint density at radius 2 is 1.66 bits per heavy atom. The molecule has 1 aliphatic carbocycles. The molecule has 0 spiro atoms. The standard InChI is InChI=1S/C32H44O3/c1-4-5-6-8-25-10-12-27(13-11-25)28-14-16-29(17-15-28)30-19-18-26(9-7-21-33)31(23-30)20-22-35-32(34)24(2)3/h14-19,23,25,27,33H,2,4-13,20-22H2,1,3H3. The second-order valence-electron chi connectivity index (χ2n) is 10.3. The highest BCUT2D eigenvalue weighted by molar-refractivity contribution is 5.86. The van der Waals surface area contributed by atoms with Crippen LogP contribution in [0.5, 0.6) is 0 Å². The maximum atomic E-state index is 11.8. The Bertz CT molecular complexity index is 936. The molecule has 1 saturated carbocycles. The zero-order chi connectivity index (χ0) is 25.0. The van der Waals surface area contributed by atoms with Crippen LogP contribution in [0.4, 0.5) is 0 Å². The molecule has 0 amide bonds. The van der Waals surface area contributed by atoms with Crippen molar-refractivity contribution in [2.45, 2.75) is 90.4 Å². The number of esters is 1. The van der Waals surface area contributed by atoms with Gasteiger partial charge in [0.15, 0.2) is 0 Å². The molecule has 190 valence electrons. The summed E-state index contributed by atoms with van der Waals surface area (Å²) in [4.78, 5) is 11.8. The van der Waals surface area contributed by atoms with Crippen molar-refractivity contribution < 1.29 is 14.6 Å². The fraction of sp³-hybridized carbons (Fsp3) is 0.531.